The van der Waals surface area contributed by atoms with Gasteiger partial charge in [0, 0.05) is 0 Å². The Morgan fingerprint density at radius 3 is 1.87 bits per heavy atom. The van der Waals surface area contributed by atoms with Gasteiger partial charge in [0.1, 0.15) is 0 Å². The summed E-state index contributed by atoms with van der Waals surface area (Å²) >= 11 is 0. The third-order valence-electron chi connectivity index (χ3n) is 2.51. The molecule has 0 spiro atoms. The second-order valence-electron chi connectivity index (χ2n) is 4.86. The first-order valence-corrected chi connectivity index (χ1v) is 4.99. The number of β-amino-alcohol motifs (C(OH)–C–C–N with tert-alkyl or cyclic N) is 1. The van der Waals surface area contributed by atoms with E-state index in [9.17, 15) is 9.59 Å². The zero-order valence-electron chi connectivity index (χ0n) is 9.63. The molecule has 1 aliphatic heterocycles. The van der Waals surface area contributed by atoms with Gasteiger partial charge in [0.2, 0.25) is 11.8 Å². The molecule has 0 aromatic heterocycles. The number of rotatable bonds is 2. The lowest BCUT2D eigenvalue weighted by Crippen LogP contribution is -2.72. The minimum Gasteiger partial charge on any atom is -0.395 e. The van der Waals surface area contributed by atoms with Crippen LogP contribution in [0.3, 0.4) is 0 Å². The van der Waals surface area contributed by atoms with Crippen LogP contribution in [0.1, 0.15) is 27.7 Å². The zero-order chi connectivity index (χ0) is 11.9. The summed E-state index contributed by atoms with van der Waals surface area (Å²) in [6.07, 6.45) is 0. The number of carbonyl (C=O) groups is 2. The highest BCUT2D eigenvalue weighted by Crippen LogP contribution is 2.23. The standard InChI is InChI=1S/C10H18N2O3/c1-9(2)7(14)12(5-6-13)8(15)10(3,4)11-9/h11,13H,5-6H2,1-4H3. The summed E-state index contributed by atoms with van der Waals surface area (Å²) in [5, 5.41) is 11.8. The Bertz CT molecular complexity index is 271. The molecular weight excluding hydrogens is 196 g/mol. The molecule has 1 heterocycles. The average molecular weight is 214 g/mol. The maximum absolute atomic E-state index is 11.9. The summed E-state index contributed by atoms with van der Waals surface area (Å²) in [6, 6.07) is 0. The van der Waals surface area contributed by atoms with Crippen molar-refractivity contribution in [3.05, 3.63) is 0 Å². The zero-order valence-corrected chi connectivity index (χ0v) is 9.63. The van der Waals surface area contributed by atoms with Crippen molar-refractivity contribution in [3.63, 3.8) is 0 Å². The lowest BCUT2D eigenvalue weighted by atomic mass is 9.90. The predicted octanol–water partition coefficient (Wildman–Crippen LogP) is -0.506. The van der Waals surface area contributed by atoms with E-state index in [0.717, 1.165) is 4.90 Å². The molecule has 1 aliphatic rings. The van der Waals surface area contributed by atoms with Gasteiger partial charge in [-0.1, -0.05) is 0 Å². The molecule has 15 heavy (non-hydrogen) atoms. The Labute approximate surface area is 89.4 Å². The molecule has 0 saturated carbocycles. The van der Waals surface area contributed by atoms with E-state index >= 15 is 0 Å². The predicted molar refractivity (Wildman–Crippen MR) is 55.1 cm³/mol. The minimum absolute atomic E-state index is 0.0617. The Hall–Kier alpha value is -0.940. The van der Waals surface area contributed by atoms with Gasteiger partial charge in [-0.05, 0) is 27.7 Å². The molecular formula is C10H18N2O3. The second-order valence-corrected chi connectivity index (χ2v) is 4.86. The van der Waals surface area contributed by atoms with Crippen molar-refractivity contribution in [2.24, 2.45) is 0 Å². The monoisotopic (exact) mass is 214 g/mol. The van der Waals surface area contributed by atoms with Crippen molar-refractivity contribution in [1.82, 2.24) is 10.2 Å². The number of piperazine rings is 1. The molecule has 86 valence electrons. The van der Waals surface area contributed by atoms with Crippen LogP contribution in [0, 0.1) is 0 Å². The van der Waals surface area contributed by atoms with Crippen LogP contribution < -0.4 is 5.32 Å². The van der Waals surface area contributed by atoms with Crippen molar-refractivity contribution < 1.29 is 14.7 Å². The fourth-order valence-corrected chi connectivity index (χ4v) is 1.96. The molecule has 0 bridgehead atoms. The first kappa shape index (κ1) is 12.1. The van der Waals surface area contributed by atoms with Crippen LogP contribution in [0.4, 0.5) is 0 Å². The topological polar surface area (TPSA) is 69.6 Å². The molecule has 5 nitrogen and oxygen atoms in total. The van der Waals surface area contributed by atoms with Gasteiger partial charge in [-0.15, -0.1) is 0 Å². The summed E-state index contributed by atoms with van der Waals surface area (Å²) in [5.41, 5.74) is -1.54. The smallest absolute Gasteiger partial charge is 0.249 e. The van der Waals surface area contributed by atoms with Gasteiger partial charge in [-0.25, -0.2) is 0 Å². The third kappa shape index (κ3) is 2.03. The number of carbonyl (C=O) groups excluding carboxylic acids is 2. The van der Waals surface area contributed by atoms with Gasteiger partial charge in [0.25, 0.3) is 0 Å². The normalized spacial score (nSPS) is 24.5. The third-order valence-corrected chi connectivity index (χ3v) is 2.51. The molecule has 0 aromatic carbocycles. The molecule has 0 unspecified atom stereocenters. The van der Waals surface area contributed by atoms with E-state index < -0.39 is 11.1 Å². The van der Waals surface area contributed by atoms with Crippen LogP contribution in [0.15, 0.2) is 0 Å². The highest BCUT2D eigenvalue weighted by atomic mass is 16.3. The molecule has 1 rings (SSSR count). The van der Waals surface area contributed by atoms with Crippen molar-refractivity contribution in [2.45, 2.75) is 38.8 Å². The van der Waals surface area contributed by atoms with E-state index in [-0.39, 0.29) is 25.0 Å². The second kappa shape index (κ2) is 3.57. The fraction of sp³-hybridized carbons (Fsp3) is 0.800. The summed E-state index contributed by atoms with van der Waals surface area (Å²) in [6.45, 7) is 6.78. The van der Waals surface area contributed by atoms with Gasteiger partial charge >= 0.3 is 0 Å². The van der Waals surface area contributed by atoms with Crippen LogP contribution in [-0.4, -0.2) is 46.1 Å². The number of aliphatic hydroxyl groups is 1. The molecule has 1 fully saturated rings. The quantitative estimate of drug-likeness (QED) is 0.608. The maximum atomic E-state index is 11.9. The number of hydrogen-bond acceptors (Lipinski definition) is 4. The molecule has 0 aromatic rings. The summed E-state index contributed by atoms with van der Waals surface area (Å²) in [7, 11) is 0. The van der Waals surface area contributed by atoms with E-state index in [1.807, 2.05) is 0 Å². The summed E-state index contributed by atoms with van der Waals surface area (Å²) in [4.78, 5) is 24.9. The van der Waals surface area contributed by atoms with Crippen molar-refractivity contribution in [3.8, 4) is 0 Å². The lowest BCUT2D eigenvalue weighted by Gasteiger charge is -2.45. The first-order valence-electron chi connectivity index (χ1n) is 4.99. The van der Waals surface area contributed by atoms with Gasteiger partial charge in [-0.3, -0.25) is 19.8 Å². The fourth-order valence-electron chi connectivity index (χ4n) is 1.96. The van der Waals surface area contributed by atoms with Crippen LogP contribution in [0.5, 0.6) is 0 Å². The van der Waals surface area contributed by atoms with E-state index in [1.165, 1.54) is 0 Å². The maximum Gasteiger partial charge on any atom is 0.249 e. The minimum atomic E-state index is -0.771. The first-order chi connectivity index (χ1) is 6.72. The van der Waals surface area contributed by atoms with Crippen LogP contribution in [-0.2, 0) is 9.59 Å². The Morgan fingerprint density at radius 2 is 1.53 bits per heavy atom. The lowest BCUT2D eigenvalue weighted by molar-refractivity contribution is -0.159. The van der Waals surface area contributed by atoms with Crippen molar-refractivity contribution in [1.29, 1.82) is 0 Å². The van der Waals surface area contributed by atoms with Crippen molar-refractivity contribution in [2.75, 3.05) is 13.2 Å². The highest BCUT2D eigenvalue weighted by molar-refractivity contribution is 6.06. The van der Waals surface area contributed by atoms with Crippen molar-refractivity contribution >= 4 is 11.8 Å². The SMILES string of the molecule is CC1(C)NC(C)(C)C(=O)N(CCO)C1=O. The number of amides is 2. The van der Waals surface area contributed by atoms with Crippen LogP contribution in [0.25, 0.3) is 0 Å². The number of nitrogens with one attached hydrogen (secondary N) is 1. The van der Waals surface area contributed by atoms with E-state index in [1.54, 1.807) is 27.7 Å². The van der Waals surface area contributed by atoms with Gasteiger partial charge in [0.05, 0.1) is 24.2 Å². The molecule has 2 amide bonds. The van der Waals surface area contributed by atoms with E-state index in [2.05, 4.69) is 5.32 Å². The average Bonchev–Trinajstić information content (AvgIpc) is 2.08. The molecule has 0 radical (unpaired) electrons. The molecule has 5 heteroatoms. The van der Waals surface area contributed by atoms with Crippen LogP contribution >= 0.6 is 0 Å². The Morgan fingerprint density at radius 1 is 1.13 bits per heavy atom. The van der Waals surface area contributed by atoms with Gasteiger partial charge in [0.15, 0.2) is 0 Å². The summed E-state index contributed by atoms with van der Waals surface area (Å²) in [5.74, 6) is -0.582. The molecule has 1 saturated heterocycles. The highest BCUT2D eigenvalue weighted by Gasteiger charge is 2.49. The number of nitrogens with zero attached hydrogens (tertiary/aromatic N) is 1. The molecule has 0 atom stereocenters. The van der Waals surface area contributed by atoms with E-state index in [0.29, 0.717) is 0 Å². The number of hydrogen-bond donors (Lipinski definition) is 2. The summed E-state index contributed by atoms with van der Waals surface area (Å²) < 4.78 is 0. The number of imide groups is 1. The van der Waals surface area contributed by atoms with Gasteiger partial charge in [-0.2, -0.15) is 0 Å². The largest absolute Gasteiger partial charge is 0.395 e. The molecule has 0 aliphatic carbocycles. The van der Waals surface area contributed by atoms with Gasteiger partial charge < -0.3 is 5.11 Å². The molecule has 2 N–H and O–H groups in total. The van der Waals surface area contributed by atoms with Crippen LogP contribution in [0.2, 0.25) is 0 Å². The Balaban J connectivity index is 3.04. The van der Waals surface area contributed by atoms with E-state index in [4.69, 9.17) is 5.11 Å². The Kier molecular flexibility index (Phi) is 2.89. The number of aliphatic hydroxyl groups excluding tert-OH is 1.